The van der Waals surface area contributed by atoms with Gasteiger partial charge in [0.1, 0.15) is 0 Å². The Morgan fingerprint density at radius 3 is 3.00 bits per heavy atom. The maximum atomic E-state index is 12.4. The molecule has 0 saturated heterocycles. The van der Waals surface area contributed by atoms with E-state index in [1.165, 1.54) is 36.2 Å². The summed E-state index contributed by atoms with van der Waals surface area (Å²) in [6, 6.07) is 2.69. The Morgan fingerprint density at radius 2 is 2.30 bits per heavy atom. The number of rotatable bonds is 6. The Hall–Kier alpha value is -1.66. The predicted octanol–water partition coefficient (Wildman–Crippen LogP) is 2.90. The van der Waals surface area contributed by atoms with E-state index in [4.69, 9.17) is 0 Å². The van der Waals surface area contributed by atoms with Gasteiger partial charge in [0.05, 0.1) is 16.8 Å². The van der Waals surface area contributed by atoms with Crippen molar-refractivity contribution in [2.24, 2.45) is 13.0 Å². The average Bonchev–Trinajstić information content (AvgIpc) is 3.41. The summed E-state index contributed by atoms with van der Waals surface area (Å²) in [7, 11) is 1.84. The quantitative estimate of drug-likeness (QED) is 0.856. The van der Waals surface area contributed by atoms with Crippen molar-refractivity contribution in [3.8, 4) is 0 Å². The minimum Gasteiger partial charge on any atom is -0.319 e. The average molecular weight is 330 g/mol. The predicted molar refractivity (Wildman–Crippen MR) is 92.1 cm³/mol. The van der Waals surface area contributed by atoms with Gasteiger partial charge in [-0.3, -0.25) is 9.48 Å². The first-order valence-corrected chi connectivity index (χ1v) is 9.05. The van der Waals surface area contributed by atoms with E-state index in [-0.39, 0.29) is 5.91 Å². The van der Waals surface area contributed by atoms with E-state index in [0.717, 1.165) is 16.5 Å². The van der Waals surface area contributed by atoms with Gasteiger partial charge in [-0.2, -0.15) is 5.10 Å². The second kappa shape index (κ2) is 5.76. The van der Waals surface area contributed by atoms with Crippen LogP contribution < -0.4 is 10.6 Å². The molecule has 6 heteroatoms. The molecule has 0 spiro atoms. The molecule has 2 fully saturated rings. The van der Waals surface area contributed by atoms with Crippen molar-refractivity contribution < 1.29 is 4.79 Å². The zero-order valence-electron chi connectivity index (χ0n) is 13.5. The van der Waals surface area contributed by atoms with E-state index in [1.807, 2.05) is 7.05 Å². The lowest BCUT2D eigenvalue weighted by molar-refractivity contribution is 0.103. The number of aryl methyl sites for hydroxylation is 2. The van der Waals surface area contributed by atoms with Gasteiger partial charge in [-0.05, 0) is 50.3 Å². The molecule has 2 aromatic heterocycles. The van der Waals surface area contributed by atoms with Gasteiger partial charge in [-0.25, -0.2) is 0 Å². The van der Waals surface area contributed by atoms with Crippen LogP contribution in [0, 0.1) is 12.8 Å². The largest absolute Gasteiger partial charge is 0.319 e. The van der Waals surface area contributed by atoms with Crippen LogP contribution in [0.15, 0.2) is 18.5 Å². The number of aromatic nitrogens is 2. The van der Waals surface area contributed by atoms with Crippen LogP contribution in [0.2, 0.25) is 0 Å². The molecule has 0 bridgehead atoms. The van der Waals surface area contributed by atoms with Gasteiger partial charge in [-0.1, -0.05) is 0 Å². The zero-order valence-corrected chi connectivity index (χ0v) is 14.3. The maximum absolute atomic E-state index is 12.4. The third-order valence-corrected chi connectivity index (χ3v) is 5.76. The summed E-state index contributed by atoms with van der Waals surface area (Å²) in [5.41, 5.74) is 2.08. The van der Waals surface area contributed by atoms with E-state index in [2.05, 4.69) is 28.7 Å². The van der Waals surface area contributed by atoms with Gasteiger partial charge in [0.2, 0.25) is 0 Å². The van der Waals surface area contributed by atoms with Crippen LogP contribution in [-0.2, 0) is 7.05 Å². The van der Waals surface area contributed by atoms with Crippen LogP contribution in [0.4, 0.5) is 5.69 Å². The standard InChI is InChI=1S/C17H22N4OS/c1-10-13(14-5-15(14)18-7-11-3-4-11)6-16(23-10)17(22)20-12-8-19-21(2)9-12/h6,8-9,11,14-15,18H,3-5,7H2,1-2H3,(H,20,22)/t14?,15-/m0/s1. The minimum absolute atomic E-state index is 0.0412. The summed E-state index contributed by atoms with van der Waals surface area (Å²) >= 11 is 1.59. The molecule has 4 rings (SSSR count). The number of amides is 1. The van der Waals surface area contributed by atoms with E-state index in [0.29, 0.717) is 12.0 Å². The highest BCUT2D eigenvalue weighted by Gasteiger charge is 2.40. The fraction of sp³-hybridized carbons (Fsp3) is 0.529. The fourth-order valence-electron chi connectivity index (χ4n) is 3.06. The fourth-order valence-corrected chi connectivity index (χ4v) is 4.05. The molecule has 2 aromatic rings. The van der Waals surface area contributed by atoms with Gasteiger partial charge in [-0.15, -0.1) is 11.3 Å². The molecular weight excluding hydrogens is 308 g/mol. The minimum atomic E-state index is -0.0412. The third-order valence-electron chi connectivity index (χ3n) is 4.70. The first kappa shape index (κ1) is 14.9. The smallest absolute Gasteiger partial charge is 0.265 e. The highest BCUT2D eigenvalue weighted by Crippen LogP contribution is 2.45. The first-order valence-electron chi connectivity index (χ1n) is 8.24. The molecule has 0 aromatic carbocycles. The number of carbonyl (C=O) groups is 1. The molecule has 2 atom stereocenters. The number of hydrogen-bond acceptors (Lipinski definition) is 4. The molecule has 2 heterocycles. The lowest BCUT2D eigenvalue weighted by Gasteiger charge is -2.02. The van der Waals surface area contributed by atoms with Crippen molar-refractivity contribution in [1.29, 1.82) is 0 Å². The van der Waals surface area contributed by atoms with E-state index in [9.17, 15) is 4.79 Å². The van der Waals surface area contributed by atoms with Crippen molar-refractivity contribution in [2.45, 2.75) is 38.1 Å². The maximum Gasteiger partial charge on any atom is 0.265 e. The van der Waals surface area contributed by atoms with Crippen molar-refractivity contribution in [3.63, 3.8) is 0 Å². The molecule has 0 aliphatic heterocycles. The lowest BCUT2D eigenvalue weighted by Crippen LogP contribution is -2.20. The number of anilines is 1. The number of hydrogen-bond donors (Lipinski definition) is 2. The molecule has 2 saturated carbocycles. The highest BCUT2D eigenvalue weighted by atomic mass is 32.1. The Morgan fingerprint density at radius 1 is 1.48 bits per heavy atom. The summed E-state index contributed by atoms with van der Waals surface area (Å²) in [6.07, 6.45) is 7.45. The van der Waals surface area contributed by atoms with E-state index in [1.54, 1.807) is 28.4 Å². The summed E-state index contributed by atoms with van der Waals surface area (Å²) in [5, 5.41) is 10.7. The Kier molecular flexibility index (Phi) is 3.73. The van der Waals surface area contributed by atoms with Crippen molar-refractivity contribution in [3.05, 3.63) is 33.8 Å². The first-order chi connectivity index (χ1) is 11.1. The molecule has 5 nitrogen and oxygen atoms in total. The Labute approximate surface area is 140 Å². The van der Waals surface area contributed by atoms with Crippen molar-refractivity contribution in [2.75, 3.05) is 11.9 Å². The molecule has 23 heavy (non-hydrogen) atoms. The summed E-state index contributed by atoms with van der Waals surface area (Å²) in [4.78, 5) is 14.4. The molecule has 2 N–H and O–H groups in total. The van der Waals surface area contributed by atoms with Crippen LogP contribution in [0.3, 0.4) is 0 Å². The van der Waals surface area contributed by atoms with E-state index >= 15 is 0 Å². The van der Waals surface area contributed by atoms with Crippen molar-refractivity contribution >= 4 is 22.9 Å². The second-order valence-corrected chi connectivity index (χ2v) is 8.04. The summed E-state index contributed by atoms with van der Waals surface area (Å²) in [6.45, 7) is 3.29. The van der Waals surface area contributed by atoms with Gasteiger partial charge in [0.15, 0.2) is 0 Å². The lowest BCUT2D eigenvalue weighted by atomic mass is 10.1. The molecule has 0 radical (unpaired) electrons. The van der Waals surface area contributed by atoms with Crippen LogP contribution in [-0.4, -0.2) is 28.3 Å². The normalized spacial score (nSPS) is 23.0. The molecule has 2 aliphatic rings. The summed E-state index contributed by atoms with van der Waals surface area (Å²) < 4.78 is 1.68. The van der Waals surface area contributed by atoms with E-state index < -0.39 is 0 Å². The topological polar surface area (TPSA) is 59.0 Å². The Bertz CT molecular complexity index is 731. The van der Waals surface area contributed by atoms with Crippen LogP contribution in [0.5, 0.6) is 0 Å². The third kappa shape index (κ3) is 3.33. The van der Waals surface area contributed by atoms with Gasteiger partial charge in [0, 0.05) is 30.1 Å². The van der Waals surface area contributed by atoms with Crippen LogP contribution in [0.1, 0.15) is 45.3 Å². The Balaban J connectivity index is 1.39. The van der Waals surface area contributed by atoms with Gasteiger partial charge >= 0.3 is 0 Å². The SMILES string of the molecule is Cc1sc(C(=O)Nc2cnn(C)c2)cc1C1C[C@@H]1NCC1CC1. The molecular formula is C17H22N4OS. The highest BCUT2D eigenvalue weighted by molar-refractivity contribution is 7.14. The number of thiophene rings is 1. The molecule has 2 aliphatic carbocycles. The molecule has 122 valence electrons. The monoisotopic (exact) mass is 330 g/mol. The second-order valence-electron chi connectivity index (χ2n) is 6.78. The number of nitrogens with zero attached hydrogens (tertiary/aromatic N) is 2. The summed E-state index contributed by atoms with van der Waals surface area (Å²) in [5.74, 6) is 1.46. The molecule has 1 amide bonds. The van der Waals surface area contributed by atoms with Crippen LogP contribution in [0.25, 0.3) is 0 Å². The zero-order chi connectivity index (χ0) is 16.0. The van der Waals surface area contributed by atoms with Gasteiger partial charge in [0.25, 0.3) is 5.91 Å². The van der Waals surface area contributed by atoms with Crippen LogP contribution >= 0.6 is 11.3 Å². The molecule has 1 unspecified atom stereocenters. The number of nitrogens with one attached hydrogen (secondary N) is 2. The van der Waals surface area contributed by atoms with Gasteiger partial charge < -0.3 is 10.6 Å². The number of carbonyl (C=O) groups excluding carboxylic acids is 1. The van der Waals surface area contributed by atoms with Crippen molar-refractivity contribution in [1.82, 2.24) is 15.1 Å².